The van der Waals surface area contributed by atoms with E-state index in [-0.39, 0.29) is 48.0 Å². The molecule has 0 aliphatic carbocycles. The molecule has 0 radical (unpaired) electrons. The van der Waals surface area contributed by atoms with Crippen LogP contribution in [-0.4, -0.2) is 59.8 Å². The second-order valence-corrected chi connectivity index (χ2v) is 9.03. The lowest BCUT2D eigenvalue weighted by molar-refractivity contribution is -0.135. The maximum Gasteiger partial charge on any atom is 0.340 e. The van der Waals surface area contributed by atoms with Crippen LogP contribution in [0.2, 0.25) is 0 Å². The lowest BCUT2D eigenvalue weighted by Crippen LogP contribution is -2.59. The van der Waals surface area contributed by atoms with Gasteiger partial charge in [0.25, 0.3) is 0 Å². The molecule has 5 unspecified atom stereocenters. The first-order chi connectivity index (χ1) is 17.4. The molecule has 0 saturated carbocycles. The molecule has 2 rings (SSSR count). The van der Waals surface area contributed by atoms with Crippen LogP contribution in [0.15, 0.2) is 14.4 Å². The third-order valence-corrected chi connectivity index (χ3v) is 6.53. The van der Waals surface area contributed by atoms with Gasteiger partial charge in [-0.05, 0) is 0 Å². The Morgan fingerprint density at radius 3 is 1.43 bits per heavy atom. The van der Waals surface area contributed by atoms with Gasteiger partial charge in [0.2, 0.25) is 0 Å². The number of aliphatic hydroxyl groups is 2. The normalized spacial score (nSPS) is 18.1. The fourth-order valence-electron chi connectivity index (χ4n) is 4.04. The summed E-state index contributed by atoms with van der Waals surface area (Å²) in [6.45, 7) is 5.98. The molecule has 37 heavy (non-hydrogen) atoms. The zero-order valence-electron chi connectivity index (χ0n) is 21.5. The second-order valence-electron chi connectivity index (χ2n) is 9.03. The van der Waals surface area contributed by atoms with E-state index in [1.165, 1.54) is 13.8 Å². The van der Waals surface area contributed by atoms with Crippen molar-refractivity contribution in [2.45, 2.75) is 91.3 Å². The molecule has 0 amide bonds. The smallest absolute Gasteiger partial charge is 0.340 e. The zero-order valence-corrected chi connectivity index (χ0v) is 21.5. The van der Waals surface area contributed by atoms with Crippen LogP contribution in [0.4, 0.5) is 0 Å². The molecular weight excluding hydrogens is 490 g/mol. The molecule has 206 valence electrons. The molecule has 0 aromatic carbocycles. The molecular formula is C24H35N3O10. The fraction of sp³-hybridized carbons (Fsp3) is 0.708. The number of aliphatic hydroxyl groups excluding tert-OH is 2. The number of epoxide rings is 1. The van der Waals surface area contributed by atoms with E-state index in [0.29, 0.717) is 4.57 Å². The standard InChI is InChI=1S/C24H35N3O10/c1-5-13(28)9-16(18(30)7-3)20(32)26-22(34)25(11-15-12-37-15)23(35)27(24(26)36)21(33)17(19(31)8-4)10-14(29)6-2/h15-17,20-21,32-33H,5-12H2,1-4H3. The van der Waals surface area contributed by atoms with Gasteiger partial charge in [-0.3, -0.25) is 19.2 Å². The van der Waals surface area contributed by atoms with Gasteiger partial charge in [-0.1, -0.05) is 27.7 Å². The summed E-state index contributed by atoms with van der Waals surface area (Å²) in [6.07, 6.45) is -5.83. The molecule has 1 saturated heterocycles. The highest BCUT2D eigenvalue weighted by Gasteiger charge is 2.37. The van der Waals surface area contributed by atoms with Gasteiger partial charge >= 0.3 is 17.1 Å². The summed E-state index contributed by atoms with van der Waals surface area (Å²) in [6, 6.07) is 0. The molecule has 1 aliphatic heterocycles. The van der Waals surface area contributed by atoms with E-state index in [1.807, 2.05) is 0 Å². The number of hydrogen-bond acceptors (Lipinski definition) is 10. The van der Waals surface area contributed by atoms with Crippen molar-refractivity contribution >= 4 is 23.1 Å². The zero-order chi connectivity index (χ0) is 28.0. The highest BCUT2D eigenvalue weighted by Crippen LogP contribution is 2.23. The van der Waals surface area contributed by atoms with E-state index >= 15 is 0 Å². The van der Waals surface area contributed by atoms with Gasteiger partial charge in [-0.15, -0.1) is 0 Å². The Bertz CT molecular complexity index is 1120. The third-order valence-electron chi connectivity index (χ3n) is 6.53. The number of ether oxygens (including phenoxy) is 1. The quantitative estimate of drug-likeness (QED) is 0.266. The molecule has 2 N–H and O–H groups in total. The minimum absolute atomic E-state index is 0.0445. The van der Waals surface area contributed by atoms with Crippen LogP contribution in [-0.2, 0) is 30.5 Å². The largest absolute Gasteiger partial charge is 0.372 e. The van der Waals surface area contributed by atoms with Gasteiger partial charge in [-0.25, -0.2) is 28.1 Å². The van der Waals surface area contributed by atoms with Gasteiger partial charge in [0.05, 0.1) is 31.1 Å². The number of rotatable bonds is 16. The third kappa shape index (κ3) is 6.84. The molecule has 13 nitrogen and oxygen atoms in total. The van der Waals surface area contributed by atoms with E-state index in [1.54, 1.807) is 13.8 Å². The predicted octanol–water partition coefficient (Wildman–Crippen LogP) is -0.519. The second kappa shape index (κ2) is 13.0. The van der Waals surface area contributed by atoms with Crippen molar-refractivity contribution in [1.29, 1.82) is 0 Å². The maximum atomic E-state index is 13.5. The minimum atomic E-state index is -2.13. The summed E-state index contributed by atoms with van der Waals surface area (Å²) in [5.74, 6) is -4.92. The van der Waals surface area contributed by atoms with Crippen LogP contribution in [0, 0.1) is 11.8 Å². The van der Waals surface area contributed by atoms with E-state index in [4.69, 9.17) is 4.74 Å². The number of aromatic nitrogens is 3. The monoisotopic (exact) mass is 525 g/mol. The highest BCUT2D eigenvalue weighted by molar-refractivity contribution is 5.88. The number of carbonyl (C=O) groups excluding carboxylic acids is 4. The molecule has 2 heterocycles. The average molecular weight is 526 g/mol. The predicted molar refractivity (Wildman–Crippen MR) is 129 cm³/mol. The molecule has 1 aliphatic rings. The lowest BCUT2D eigenvalue weighted by atomic mass is 9.93. The molecule has 0 spiro atoms. The number of Topliss-reactive ketones (excluding diaryl/α,β-unsaturated/α-hetero) is 4. The van der Waals surface area contributed by atoms with Crippen molar-refractivity contribution in [3.8, 4) is 0 Å². The first-order valence-corrected chi connectivity index (χ1v) is 12.5. The topological polar surface area (TPSA) is 187 Å². The molecule has 13 heteroatoms. The number of nitrogens with zero attached hydrogens (tertiary/aromatic N) is 3. The summed E-state index contributed by atoms with van der Waals surface area (Å²) >= 11 is 0. The van der Waals surface area contributed by atoms with Crippen LogP contribution in [0.25, 0.3) is 0 Å². The van der Waals surface area contributed by atoms with Crippen molar-refractivity contribution in [1.82, 2.24) is 13.7 Å². The van der Waals surface area contributed by atoms with Gasteiger partial charge < -0.3 is 14.9 Å². The Kier molecular flexibility index (Phi) is 10.6. The van der Waals surface area contributed by atoms with E-state index in [2.05, 4.69) is 0 Å². The van der Waals surface area contributed by atoms with Crippen LogP contribution < -0.4 is 17.1 Å². The summed E-state index contributed by atoms with van der Waals surface area (Å²) < 4.78 is 6.12. The number of ketones is 4. The maximum absolute atomic E-state index is 13.5. The van der Waals surface area contributed by atoms with Crippen molar-refractivity contribution in [2.24, 2.45) is 11.8 Å². The van der Waals surface area contributed by atoms with Crippen molar-refractivity contribution < 1.29 is 34.1 Å². The fourth-order valence-corrected chi connectivity index (χ4v) is 4.04. The van der Waals surface area contributed by atoms with Gasteiger partial charge in [0.1, 0.15) is 35.6 Å². The highest BCUT2D eigenvalue weighted by atomic mass is 16.6. The minimum Gasteiger partial charge on any atom is -0.372 e. The van der Waals surface area contributed by atoms with Gasteiger partial charge in [0, 0.05) is 38.5 Å². The summed E-state index contributed by atoms with van der Waals surface area (Å²) in [5, 5.41) is 22.1. The van der Waals surface area contributed by atoms with Crippen LogP contribution >= 0.6 is 0 Å². The number of carbonyl (C=O) groups is 4. The van der Waals surface area contributed by atoms with E-state index < -0.39 is 83.4 Å². The van der Waals surface area contributed by atoms with Crippen molar-refractivity contribution in [3.05, 3.63) is 31.5 Å². The Morgan fingerprint density at radius 1 is 0.757 bits per heavy atom. The SMILES string of the molecule is CCC(=O)CC(C(=O)CC)C(O)n1c(=O)n(CC2CO2)c(=O)n(C(O)C(CC(=O)CC)C(=O)CC)c1=O. The Labute approximate surface area is 212 Å². The average Bonchev–Trinajstić information content (AvgIpc) is 3.71. The Morgan fingerprint density at radius 2 is 1.14 bits per heavy atom. The summed E-state index contributed by atoms with van der Waals surface area (Å²) in [4.78, 5) is 89.4. The molecule has 1 aromatic heterocycles. The van der Waals surface area contributed by atoms with Crippen molar-refractivity contribution in [3.63, 3.8) is 0 Å². The Balaban J connectivity index is 2.79. The molecule has 5 atom stereocenters. The van der Waals surface area contributed by atoms with Crippen LogP contribution in [0.1, 0.15) is 78.7 Å². The molecule has 1 fully saturated rings. The van der Waals surface area contributed by atoms with Crippen LogP contribution in [0.3, 0.4) is 0 Å². The van der Waals surface area contributed by atoms with Crippen LogP contribution in [0.5, 0.6) is 0 Å². The van der Waals surface area contributed by atoms with E-state index in [9.17, 15) is 43.8 Å². The van der Waals surface area contributed by atoms with Crippen molar-refractivity contribution in [2.75, 3.05) is 6.61 Å². The summed E-state index contributed by atoms with van der Waals surface area (Å²) in [5.41, 5.74) is -4.00. The Hall–Kier alpha value is -3.03. The molecule has 0 bridgehead atoms. The summed E-state index contributed by atoms with van der Waals surface area (Å²) in [7, 11) is 0. The molecule has 1 aromatic rings. The van der Waals surface area contributed by atoms with Gasteiger partial charge in [-0.2, -0.15) is 0 Å². The number of hydrogen-bond donors (Lipinski definition) is 2. The first kappa shape index (κ1) is 30.2. The first-order valence-electron chi connectivity index (χ1n) is 12.5. The van der Waals surface area contributed by atoms with Gasteiger partial charge in [0.15, 0.2) is 0 Å². The van der Waals surface area contributed by atoms with E-state index in [0.717, 1.165) is 0 Å². The lowest BCUT2D eigenvalue weighted by Gasteiger charge is -2.26.